The van der Waals surface area contributed by atoms with E-state index < -0.39 is 0 Å². The van der Waals surface area contributed by atoms with Crippen molar-refractivity contribution < 1.29 is 4.74 Å². The third kappa shape index (κ3) is 4.65. The van der Waals surface area contributed by atoms with E-state index in [9.17, 15) is 0 Å². The molecule has 4 rings (SSSR count). The van der Waals surface area contributed by atoms with E-state index in [1.165, 1.54) is 24.0 Å². The van der Waals surface area contributed by atoms with Crippen LogP contribution < -0.4 is 4.74 Å². The van der Waals surface area contributed by atoms with Gasteiger partial charge in [0.25, 0.3) is 0 Å². The van der Waals surface area contributed by atoms with Gasteiger partial charge >= 0.3 is 0 Å². The Morgan fingerprint density at radius 3 is 2.45 bits per heavy atom. The van der Waals surface area contributed by atoms with Crippen molar-refractivity contribution in [2.75, 3.05) is 20.2 Å². The first kappa shape index (κ1) is 19.6. The molecule has 152 valence electrons. The summed E-state index contributed by atoms with van der Waals surface area (Å²) in [4.78, 5) is 2.52. The Kier molecular flexibility index (Phi) is 6.20. The number of aryl methyl sites for hydroxylation is 2. The lowest BCUT2D eigenvalue weighted by Crippen LogP contribution is -2.38. The molecule has 0 radical (unpaired) electrons. The summed E-state index contributed by atoms with van der Waals surface area (Å²) in [7, 11) is 1.70. The Hall–Kier alpha value is -2.73. The third-order valence-electron chi connectivity index (χ3n) is 5.87. The molecule has 1 aromatic heterocycles. The molecule has 0 unspecified atom stereocenters. The maximum Gasteiger partial charge on any atom is 0.173 e. The number of rotatable bonds is 7. The summed E-state index contributed by atoms with van der Waals surface area (Å²) < 4.78 is 7.32. The second kappa shape index (κ2) is 9.18. The second-order valence-corrected chi connectivity index (χ2v) is 7.89. The molecule has 3 aromatic rings. The summed E-state index contributed by atoms with van der Waals surface area (Å²) in [6, 6.07) is 18.9. The molecule has 0 saturated carbocycles. The van der Waals surface area contributed by atoms with Gasteiger partial charge in [0.2, 0.25) is 0 Å². The topological polar surface area (TPSA) is 56.1 Å². The lowest BCUT2D eigenvalue weighted by Gasteiger charge is -2.36. The van der Waals surface area contributed by atoms with Crippen molar-refractivity contribution >= 4 is 0 Å². The van der Waals surface area contributed by atoms with E-state index in [1.54, 1.807) is 7.11 Å². The van der Waals surface area contributed by atoms with Crippen molar-refractivity contribution in [3.63, 3.8) is 0 Å². The summed E-state index contributed by atoms with van der Waals surface area (Å²) in [6.07, 6.45) is 3.32. The number of tetrazole rings is 1. The Labute approximate surface area is 172 Å². The lowest BCUT2D eigenvalue weighted by molar-refractivity contribution is 0.150. The molecule has 0 spiro atoms. The molecule has 1 aliphatic rings. The van der Waals surface area contributed by atoms with Crippen LogP contribution in [0, 0.1) is 5.92 Å². The van der Waals surface area contributed by atoms with Crippen molar-refractivity contribution in [3.05, 3.63) is 71.5 Å². The molecule has 29 heavy (non-hydrogen) atoms. The highest BCUT2D eigenvalue weighted by atomic mass is 16.5. The van der Waals surface area contributed by atoms with Gasteiger partial charge in [-0.1, -0.05) is 49.4 Å². The van der Waals surface area contributed by atoms with Gasteiger partial charge in [-0.05, 0) is 72.0 Å². The first-order valence-electron chi connectivity index (χ1n) is 10.4. The van der Waals surface area contributed by atoms with Gasteiger partial charge in [0.05, 0.1) is 13.2 Å². The molecular weight excluding hydrogens is 362 g/mol. The third-order valence-corrected chi connectivity index (χ3v) is 5.87. The van der Waals surface area contributed by atoms with E-state index >= 15 is 0 Å². The number of likely N-dealkylation sites (tertiary alicyclic amines) is 1. The minimum absolute atomic E-state index is 0.0548. The Bertz CT molecular complexity index is 885. The summed E-state index contributed by atoms with van der Waals surface area (Å²) in [5.41, 5.74) is 2.50. The number of hydrogen-bond acceptors (Lipinski definition) is 5. The minimum atomic E-state index is 0.0548. The zero-order chi connectivity index (χ0) is 20.1. The van der Waals surface area contributed by atoms with Crippen LogP contribution in [-0.2, 0) is 13.0 Å². The van der Waals surface area contributed by atoms with Crippen molar-refractivity contribution in [1.29, 1.82) is 0 Å². The van der Waals surface area contributed by atoms with Gasteiger partial charge in [-0.2, -0.15) is 0 Å². The minimum Gasteiger partial charge on any atom is -0.497 e. The molecule has 1 fully saturated rings. The highest BCUT2D eigenvalue weighted by Gasteiger charge is 2.30. The zero-order valence-electron chi connectivity index (χ0n) is 17.2. The number of benzene rings is 2. The normalized spacial score (nSPS) is 16.6. The van der Waals surface area contributed by atoms with Crippen LogP contribution in [0.3, 0.4) is 0 Å². The van der Waals surface area contributed by atoms with E-state index in [-0.39, 0.29) is 6.04 Å². The molecule has 1 atom stereocenters. The Morgan fingerprint density at radius 1 is 1.03 bits per heavy atom. The Balaban J connectivity index is 1.61. The van der Waals surface area contributed by atoms with E-state index in [0.29, 0.717) is 0 Å². The molecule has 6 heteroatoms. The van der Waals surface area contributed by atoms with Gasteiger partial charge in [-0.25, -0.2) is 4.68 Å². The van der Waals surface area contributed by atoms with Gasteiger partial charge in [-0.3, -0.25) is 4.90 Å². The van der Waals surface area contributed by atoms with Crippen LogP contribution in [0.2, 0.25) is 0 Å². The molecule has 0 aliphatic carbocycles. The van der Waals surface area contributed by atoms with Crippen LogP contribution >= 0.6 is 0 Å². The first-order valence-corrected chi connectivity index (χ1v) is 10.4. The van der Waals surface area contributed by atoms with E-state index in [2.05, 4.69) is 63.7 Å². The highest BCUT2D eigenvalue weighted by molar-refractivity contribution is 5.32. The first-order chi connectivity index (χ1) is 14.2. The van der Waals surface area contributed by atoms with E-state index in [1.807, 2.05) is 22.9 Å². The van der Waals surface area contributed by atoms with Crippen LogP contribution in [0.1, 0.15) is 42.8 Å². The molecular formula is C23H29N5O. The van der Waals surface area contributed by atoms with Crippen LogP contribution in [0.5, 0.6) is 5.75 Å². The summed E-state index contributed by atoms with van der Waals surface area (Å²) in [5.74, 6) is 2.56. The fourth-order valence-corrected chi connectivity index (χ4v) is 4.04. The monoisotopic (exact) mass is 391 g/mol. The molecule has 2 aromatic carbocycles. The molecule has 6 nitrogen and oxygen atoms in total. The SMILES string of the molecule is COc1ccc([C@H](c2nnnn2CCc2ccccc2)N2CCC(C)CC2)cc1. The van der Waals surface area contributed by atoms with Crippen LogP contribution in [-0.4, -0.2) is 45.3 Å². The molecule has 0 amide bonds. The molecule has 0 bridgehead atoms. The molecule has 0 N–H and O–H groups in total. The Morgan fingerprint density at radius 2 is 1.76 bits per heavy atom. The van der Waals surface area contributed by atoms with Crippen LogP contribution in [0.25, 0.3) is 0 Å². The maximum atomic E-state index is 5.35. The predicted molar refractivity (Wildman–Crippen MR) is 113 cm³/mol. The average molecular weight is 392 g/mol. The maximum absolute atomic E-state index is 5.35. The standard InChI is InChI=1S/C23H29N5O/c1-18-12-15-27(16-13-18)22(20-8-10-21(29-2)11-9-20)23-24-25-26-28(23)17-14-19-6-4-3-5-7-19/h3-11,18,22H,12-17H2,1-2H3/t22-/m1/s1. The summed E-state index contributed by atoms with van der Waals surface area (Å²) in [6.45, 7) is 5.22. The number of hydrogen-bond donors (Lipinski definition) is 0. The van der Waals surface area contributed by atoms with E-state index in [0.717, 1.165) is 43.5 Å². The fourth-order valence-electron chi connectivity index (χ4n) is 4.04. The number of ether oxygens (including phenoxy) is 1. The fraction of sp³-hybridized carbons (Fsp3) is 0.435. The molecule has 1 aliphatic heterocycles. The van der Waals surface area contributed by atoms with Gasteiger partial charge in [-0.15, -0.1) is 5.10 Å². The predicted octanol–water partition coefficient (Wildman–Crippen LogP) is 3.75. The van der Waals surface area contributed by atoms with E-state index in [4.69, 9.17) is 4.74 Å². The van der Waals surface area contributed by atoms with Gasteiger partial charge in [0.15, 0.2) is 5.82 Å². The number of piperidine rings is 1. The largest absolute Gasteiger partial charge is 0.497 e. The van der Waals surface area contributed by atoms with Gasteiger partial charge < -0.3 is 4.74 Å². The smallest absolute Gasteiger partial charge is 0.173 e. The van der Waals surface area contributed by atoms with Gasteiger partial charge in [0.1, 0.15) is 5.75 Å². The van der Waals surface area contributed by atoms with Crippen molar-refractivity contribution in [1.82, 2.24) is 25.1 Å². The number of methoxy groups -OCH3 is 1. The second-order valence-electron chi connectivity index (χ2n) is 7.89. The van der Waals surface area contributed by atoms with Gasteiger partial charge in [0, 0.05) is 6.54 Å². The highest BCUT2D eigenvalue weighted by Crippen LogP contribution is 2.32. The summed E-state index contributed by atoms with van der Waals surface area (Å²) >= 11 is 0. The van der Waals surface area contributed by atoms with Crippen molar-refractivity contribution in [2.45, 2.75) is 38.8 Å². The number of aromatic nitrogens is 4. The zero-order valence-corrected chi connectivity index (χ0v) is 17.2. The van der Waals surface area contributed by atoms with Crippen molar-refractivity contribution in [2.24, 2.45) is 5.92 Å². The molecule has 1 saturated heterocycles. The van der Waals surface area contributed by atoms with Crippen molar-refractivity contribution in [3.8, 4) is 5.75 Å². The van der Waals surface area contributed by atoms with Crippen LogP contribution in [0.4, 0.5) is 0 Å². The quantitative estimate of drug-likeness (QED) is 0.614. The van der Waals surface area contributed by atoms with Crippen LogP contribution in [0.15, 0.2) is 54.6 Å². The molecule has 2 heterocycles. The lowest BCUT2D eigenvalue weighted by atomic mass is 9.95. The number of nitrogens with zero attached hydrogens (tertiary/aromatic N) is 5. The summed E-state index contributed by atoms with van der Waals surface area (Å²) in [5, 5.41) is 12.8. The average Bonchev–Trinajstić information content (AvgIpc) is 3.23.